The minimum absolute atomic E-state index is 0.215. The number of rotatable bonds is 3. The third-order valence-corrected chi connectivity index (χ3v) is 3.37. The second kappa shape index (κ2) is 5.14. The molecule has 0 radical (unpaired) electrons. The smallest absolute Gasteiger partial charge is 0.214 e. The van der Waals surface area contributed by atoms with E-state index in [1.165, 1.54) is 17.2 Å². The Bertz CT molecular complexity index is 711. The molecule has 4 unspecified atom stereocenters. The van der Waals surface area contributed by atoms with Gasteiger partial charge in [0.15, 0.2) is 23.7 Å². The molecular weight excluding hydrogens is 280 g/mol. The molecule has 11 nitrogen and oxygen atoms in total. The Labute approximate surface area is 117 Å². The molecule has 0 amide bonds. The number of aliphatic hydroxyl groups is 2. The van der Waals surface area contributed by atoms with E-state index in [-0.39, 0.29) is 12.4 Å². The average Bonchev–Trinajstić information content (AvgIpc) is 3.03. The standard InChI is InChI=1S/C10H13N8O3/c11-8-6-9(14-2-13-8)18(3-15-6)10-7(20)5(16-17-12)4(1-19)21-10/h2-5,7,10,12,19-20H,1H2,(H2,11,13,14)/q+1. The minimum Gasteiger partial charge on any atom is -0.394 e. The van der Waals surface area contributed by atoms with Crippen LogP contribution >= 0.6 is 0 Å². The summed E-state index contributed by atoms with van der Waals surface area (Å²) in [5.74, 6) is 0.215. The molecule has 5 N–H and O–H groups in total. The average molecular weight is 293 g/mol. The van der Waals surface area contributed by atoms with E-state index in [0.29, 0.717) is 11.2 Å². The van der Waals surface area contributed by atoms with E-state index in [2.05, 4.69) is 25.0 Å². The number of anilines is 1. The molecule has 3 heterocycles. The first kappa shape index (κ1) is 13.5. The van der Waals surface area contributed by atoms with Gasteiger partial charge in [-0.15, -0.1) is 0 Å². The van der Waals surface area contributed by atoms with Gasteiger partial charge in [-0.05, 0) is 0 Å². The zero-order chi connectivity index (χ0) is 15.0. The van der Waals surface area contributed by atoms with Gasteiger partial charge in [-0.3, -0.25) is 4.57 Å². The van der Waals surface area contributed by atoms with Gasteiger partial charge in [-0.25, -0.2) is 15.0 Å². The van der Waals surface area contributed by atoms with E-state index in [9.17, 15) is 10.2 Å². The first-order chi connectivity index (χ1) is 10.2. The molecule has 21 heavy (non-hydrogen) atoms. The zero-order valence-electron chi connectivity index (χ0n) is 10.7. The lowest BCUT2D eigenvalue weighted by atomic mass is 10.1. The number of hydrogen-bond donors (Lipinski definition) is 4. The highest BCUT2D eigenvalue weighted by molar-refractivity contribution is 5.81. The van der Waals surface area contributed by atoms with Gasteiger partial charge in [-0.1, -0.05) is 0 Å². The van der Waals surface area contributed by atoms with Crippen LogP contribution in [0.15, 0.2) is 17.8 Å². The summed E-state index contributed by atoms with van der Waals surface area (Å²) in [5.41, 5.74) is 13.3. The number of imidazole rings is 1. The second-order valence-electron chi connectivity index (χ2n) is 4.53. The lowest BCUT2D eigenvalue weighted by molar-refractivity contribution is -0.0488. The van der Waals surface area contributed by atoms with E-state index >= 15 is 0 Å². The SMILES string of the molecule is N=[N+]=NC1C(CO)OC(n2cnc3c(N)ncnc32)C1O. The molecule has 1 aliphatic rings. The first-order valence-electron chi connectivity index (χ1n) is 6.11. The fourth-order valence-electron chi connectivity index (χ4n) is 2.38. The first-order valence-corrected chi connectivity index (χ1v) is 6.11. The van der Waals surface area contributed by atoms with E-state index < -0.39 is 24.5 Å². The molecule has 2 aromatic rings. The quantitative estimate of drug-likeness (QED) is 0.397. The molecule has 1 fully saturated rings. The molecule has 1 saturated heterocycles. The molecule has 3 rings (SSSR count). The van der Waals surface area contributed by atoms with Crippen molar-refractivity contribution in [2.75, 3.05) is 12.3 Å². The summed E-state index contributed by atoms with van der Waals surface area (Å²) in [7, 11) is 0. The second-order valence-corrected chi connectivity index (χ2v) is 4.53. The maximum absolute atomic E-state index is 10.3. The van der Waals surface area contributed by atoms with Crippen LogP contribution in [-0.4, -0.2) is 54.6 Å². The van der Waals surface area contributed by atoms with Gasteiger partial charge in [0.1, 0.15) is 34.7 Å². The van der Waals surface area contributed by atoms with Crippen molar-refractivity contribution >= 4 is 17.0 Å². The Balaban J connectivity index is 2.03. The highest BCUT2D eigenvalue weighted by Gasteiger charge is 2.48. The van der Waals surface area contributed by atoms with Gasteiger partial charge in [0.2, 0.25) is 4.91 Å². The van der Waals surface area contributed by atoms with Crippen molar-refractivity contribution in [3.8, 4) is 0 Å². The van der Waals surface area contributed by atoms with Gasteiger partial charge < -0.3 is 20.7 Å². The predicted molar refractivity (Wildman–Crippen MR) is 67.8 cm³/mol. The van der Waals surface area contributed by atoms with Crippen LogP contribution in [0, 0.1) is 5.53 Å². The number of ether oxygens (including phenoxy) is 1. The predicted octanol–water partition coefficient (Wildman–Crippen LogP) is -1.42. The summed E-state index contributed by atoms with van der Waals surface area (Å²) in [6.45, 7) is -0.360. The molecule has 4 atom stereocenters. The Hall–Kier alpha value is -2.46. The summed E-state index contributed by atoms with van der Waals surface area (Å²) in [6, 6.07) is -0.839. The molecular formula is C10H13N8O3+. The van der Waals surface area contributed by atoms with Crippen molar-refractivity contribution < 1.29 is 14.9 Å². The number of nitrogens with two attached hydrogens (primary N) is 1. The largest absolute Gasteiger partial charge is 0.394 e. The lowest BCUT2D eigenvalue weighted by Crippen LogP contribution is -2.32. The van der Waals surface area contributed by atoms with Crippen LogP contribution in [0.3, 0.4) is 0 Å². The summed E-state index contributed by atoms with van der Waals surface area (Å²) in [5, 5.41) is 23.1. The third-order valence-electron chi connectivity index (χ3n) is 3.37. The van der Waals surface area contributed by atoms with Gasteiger partial charge in [0, 0.05) is 0 Å². The molecule has 0 saturated carbocycles. The summed E-state index contributed by atoms with van der Waals surface area (Å²) in [4.78, 5) is 14.9. The number of aliphatic hydroxyl groups excluding tert-OH is 2. The van der Waals surface area contributed by atoms with Crippen molar-refractivity contribution in [2.24, 2.45) is 5.11 Å². The Morgan fingerprint density at radius 2 is 2.29 bits per heavy atom. The Morgan fingerprint density at radius 3 is 3.00 bits per heavy atom. The summed E-state index contributed by atoms with van der Waals surface area (Å²) < 4.78 is 7.05. The molecule has 11 heteroatoms. The number of fused-ring (bicyclic) bond motifs is 1. The van der Waals surface area contributed by atoms with E-state index in [1.807, 2.05) is 0 Å². The van der Waals surface area contributed by atoms with Crippen molar-refractivity contribution in [1.82, 2.24) is 24.4 Å². The number of hydrogen-bond acceptors (Lipinski definition) is 9. The number of aromatic nitrogens is 4. The topological polar surface area (TPSA) is 170 Å². The van der Waals surface area contributed by atoms with Gasteiger partial charge in [-0.2, -0.15) is 0 Å². The van der Waals surface area contributed by atoms with E-state index in [4.69, 9.17) is 16.0 Å². The van der Waals surface area contributed by atoms with Crippen molar-refractivity contribution in [2.45, 2.75) is 24.5 Å². The van der Waals surface area contributed by atoms with Crippen molar-refractivity contribution in [3.05, 3.63) is 12.7 Å². The zero-order valence-corrected chi connectivity index (χ0v) is 10.7. The lowest BCUT2D eigenvalue weighted by Gasteiger charge is -2.15. The fraction of sp³-hybridized carbons (Fsp3) is 0.500. The van der Waals surface area contributed by atoms with E-state index in [0.717, 1.165) is 0 Å². The van der Waals surface area contributed by atoms with Crippen LogP contribution in [-0.2, 0) is 4.74 Å². The van der Waals surface area contributed by atoms with E-state index in [1.54, 1.807) is 0 Å². The number of nitrogens with zero attached hydrogens (tertiary/aromatic N) is 6. The minimum atomic E-state index is -1.11. The van der Waals surface area contributed by atoms with Crippen LogP contribution in [0.5, 0.6) is 0 Å². The number of nitrogen functional groups attached to an aromatic ring is 1. The normalized spacial score (nSPS) is 28.7. The van der Waals surface area contributed by atoms with Crippen molar-refractivity contribution in [1.29, 1.82) is 5.53 Å². The fourth-order valence-corrected chi connectivity index (χ4v) is 2.38. The molecule has 2 aromatic heterocycles. The molecule has 0 aromatic carbocycles. The third kappa shape index (κ3) is 2.04. The highest BCUT2D eigenvalue weighted by atomic mass is 16.5. The Kier molecular flexibility index (Phi) is 3.31. The van der Waals surface area contributed by atoms with Gasteiger partial charge in [0.25, 0.3) is 0 Å². The highest BCUT2D eigenvalue weighted by Crippen LogP contribution is 2.33. The van der Waals surface area contributed by atoms with Crippen LogP contribution in [0.25, 0.3) is 11.2 Å². The molecule has 0 spiro atoms. The van der Waals surface area contributed by atoms with Crippen LogP contribution < -0.4 is 10.6 Å². The van der Waals surface area contributed by atoms with Gasteiger partial charge in [0.05, 0.1) is 12.9 Å². The molecule has 0 aliphatic carbocycles. The van der Waals surface area contributed by atoms with Gasteiger partial charge >= 0.3 is 0 Å². The van der Waals surface area contributed by atoms with Crippen LogP contribution in [0.1, 0.15) is 6.23 Å². The summed E-state index contributed by atoms with van der Waals surface area (Å²) >= 11 is 0. The number of nitrogens with one attached hydrogen (secondary N) is 1. The maximum atomic E-state index is 10.3. The van der Waals surface area contributed by atoms with Crippen molar-refractivity contribution in [3.63, 3.8) is 0 Å². The van der Waals surface area contributed by atoms with Crippen LogP contribution in [0.4, 0.5) is 5.82 Å². The molecule has 1 aliphatic heterocycles. The molecule has 0 bridgehead atoms. The Morgan fingerprint density at radius 1 is 1.48 bits per heavy atom. The summed E-state index contributed by atoms with van der Waals surface area (Å²) in [6.07, 6.45) is -0.0440. The monoisotopic (exact) mass is 293 g/mol. The molecule has 110 valence electrons. The maximum Gasteiger partial charge on any atom is 0.214 e. The van der Waals surface area contributed by atoms with Crippen LogP contribution in [0.2, 0.25) is 0 Å².